The van der Waals surface area contributed by atoms with Gasteiger partial charge in [0.05, 0.1) is 11.4 Å². The Hall–Kier alpha value is -1.77. The van der Waals surface area contributed by atoms with E-state index in [1.807, 2.05) is 43.7 Å². The lowest BCUT2D eigenvalue weighted by molar-refractivity contribution is 0.471. The van der Waals surface area contributed by atoms with Gasteiger partial charge in [-0.25, -0.2) is 4.98 Å². The third kappa shape index (κ3) is 1.73. The molecule has 0 atom stereocenters. The fourth-order valence-corrected chi connectivity index (χ4v) is 1.63. The average molecular weight is 202 g/mol. The van der Waals surface area contributed by atoms with E-state index in [0.717, 1.165) is 22.8 Å². The van der Waals surface area contributed by atoms with Gasteiger partial charge in [0.25, 0.3) is 0 Å². The SMILES string of the molecule is Cc1cn(-c2ccc(C)c(O)c2)c(C)n1. The quantitative estimate of drug-likeness (QED) is 0.771. The summed E-state index contributed by atoms with van der Waals surface area (Å²) in [5.74, 6) is 1.24. The zero-order valence-electron chi connectivity index (χ0n) is 9.15. The Labute approximate surface area is 89.0 Å². The van der Waals surface area contributed by atoms with E-state index in [9.17, 15) is 5.11 Å². The Morgan fingerprint density at radius 3 is 2.47 bits per heavy atom. The van der Waals surface area contributed by atoms with E-state index < -0.39 is 0 Å². The first-order valence-corrected chi connectivity index (χ1v) is 4.90. The topological polar surface area (TPSA) is 38.0 Å². The van der Waals surface area contributed by atoms with Gasteiger partial charge >= 0.3 is 0 Å². The van der Waals surface area contributed by atoms with Gasteiger partial charge in [-0.1, -0.05) is 6.07 Å². The van der Waals surface area contributed by atoms with E-state index in [-0.39, 0.29) is 0 Å². The molecule has 1 N–H and O–H groups in total. The van der Waals surface area contributed by atoms with Crippen LogP contribution in [0.4, 0.5) is 0 Å². The molecule has 0 saturated heterocycles. The highest BCUT2D eigenvalue weighted by Crippen LogP contribution is 2.21. The lowest BCUT2D eigenvalue weighted by atomic mass is 10.2. The lowest BCUT2D eigenvalue weighted by Crippen LogP contribution is -1.95. The van der Waals surface area contributed by atoms with Crippen molar-refractivity contribution in [2.75, 3.05) is 0 Å². The highest BCUT2D eigenvalue weighted by Gasteiger charge is 2.04. The molecule has 0 aliphatic carbocycles. The minimum atomic E-state index is 0.318. The van der Waals surface area contributed by atoms with Gasteiger partial charge in [-0.15, -0.1) is 0 Å². The maximum absolute atomic E-state index is 9.63. The summed E-state index contributed by atoms with van der Waals surface area (Å²) in [7, 11) is 0. The highest BCUT2D eigenvalue weighted by molar-refractivity contribution is 5.44. The molecule has 0 spiro atoms. The van der Waals surface area contributed by atoms with Crippen LogP contribution in [0, 0.1) is 20.8 Å². The van der Waals surface area contributed by atoms with Crippen LogP contribution in [0.15, 0.2) is 24.4 Å². The molecule has 0 fully saturated rings. The third-order valence-corrected chi connectivity index (χ3v) is 2.47. The van der Waals surface area contributed by atoms with Gasteiger partial charge in [-0.2, -0.15) is 0 Å². The van der Waals surface area contributed by atoms with E-state index in [4.69, 9.17) is 0 Å². The molecule has 0 radical (unpaired) electrons. The van der Waals surface area contributed by atoms with Crippen LogP contribution in [-0.4, -0.2) is 14.7 Å². The Balaban J connectivity index is 2.54. The molecule has 0 unspecified atom stereocenters. The van der Waals surface area contributed by atoms with Crippen LogP contribution >= 0.6 is 0 Å². The van der Waals surface area contributed by atoms with Crippen molar-refractivity contribution in [1.29, 1.82) is 0 Å². The summed E-state index contributed by atoms with van der Waals surface area (Å²) in [5, 5.41) is 9.63. The molecule has 3 nitrogen and oxygen atoms in total. The molecule has 15 heavy (non-hydrogen) atoms. The number of aromatic hydroxyl groups is 1. The average Bonchev–Trinajstić information content (AvgIpc) is 2.50. The second-order valence-corrected chi connectivity index (χ2v) is 3.77. The van der Waals surface area contributed by atoms with Crippen LogP contribution in [0.2, 0.25) is 0 Å². The molecule has 1 aromatic heterocycles. The number of hydrogen-bond donors (Lipinski definition) is 1. The monoisotopic (exact) mass is 202 g/mol. The molecule has 0 amide bonds. The standard InChI is InChI=1S/C12H14N2O/c1-8-4-5-11(6-12(8)15)14-7-9(2)13-10(14)3/h4-7,15H,1-3H3. The number of rotatable bonds is 1. The Morgan fingerprint density at radius 2 is 1.93 bits per heavy atom. The van der Waals surface area contributed by atoms with E-state index in [1.54, 1.807) is 6.07 Å². The van der Waals surface area contributed by atoms with Crippen LogP contribution < -0.4 is 0 Å². The Bertz CT molecular complexity index is 500. The molecule has 78 valence electrons. The number of hydrogen-bond acceptors (Lipinski definition) is 2. The minimum Gasteiger partial charge on any atom is -0.508 e. The van der Waals surface area contributed by atoms with Crippen LogP contribution in [0.5, 0.6) is 5.75 Å². The van der Waals surface area contributed by atoms with E-state index >= 15 is 0 Å². The fourth-order valence-electron chi connectivity index (χ4n) is 1.63. The summed E-state index contributed by atoms with van der Waals surface area (Å²) in [4.78, 5) is 4.32. The first-order valence-electron chi connectivity index (χ1n) is 4.90. The second-order valence-electron chi connectivity index (χ2n) is 3.77. The van der Waals surface area contributed by atoms with Gasteiger partial charge in [0.1, 0.15) is 11.6 Å². The number of imidazole rings is 1. The molecule has 3 heteroatoms. The summed E-state index contributed by atoms with van der Waals surface area (Å²) in [6, 6.07) is 5.63. The van der Waals surface area contributed by atoms with Gasteiger partial charge in [-0.05, 0) is 32.4 Å². The molecular formula is C12H14N2O. The van der Waals surface area contributed by atoms with Crippen LogP contribution in [0.1, 0.15) is 17.1 Å². The first-order chi connectivity index (χ1) is 7.08. The number of phenolic OH excluding ortho intramolecular Hbond substituents is 1. The van der Waals surface area contributed by atoms with Crippen molar-refractivity contribution in [3.63, 3.8) is 0 Å². The summed E-state index contributed by atoms with van der Waals surface area (Å²) in [6.07, 6.45) is 1.96. The summed E-state index contributed by atoms with van der Waals surface area (Å²) >= 11 is 0. The zero-order chi connectivity index (χ0) is 11.0. The van der Waals surface area contributed by atoms with Gasteiger partial charge in [-0.3, -0.25) is 0 Å². The molecular weight excluding hydrogens is 188 g/mol. The highest BCUT2D eigenvalue weighted by atomic mass is 16.3. The van der Waals surface area contributed by atoms with Gasteiger partial charge in [0.15, 0.2) is 0 Å². The van der Waals surface area contributed by atoms with Crippen molar-refractivity contribution in [1.82, 2.24) is 9.55 Å². The summed E-state index contributed by atoms with van der Waals surface area (Å²) < 4.78 is 1.97. The van der Waals surface area contributed by atoms with Crippen molar-refractivity contribution < 1.29 is 5.11 Å². The predicted octanol–water partition coefficient (Wildman–Crippen LogP) is 2.50. The van der Waals surface area contributed by atoms with Crippen LogP contribution in [0.3, 0.4) is 0 Å². The largest absolute Gasteiger partial charge is 0.508 e. The number of aromatic nitrogens is 2. The van der Waals surface area contributed by atoms with Crippen molar-refractivity contribution in [3.8, 4) is 11.4 Å². The Kier molecular flexibility index (Phi) is 2.23. The summed E-state index contributed by atoms with van der Waals surface area (Å²) in [5.41, 5.74) is 2.80. The molecule has 0 aliphatic rings. The number of phenols is 1. The molecule has 0 saturated carbocycles. The van der Waals surface area contributed by atoms with Crippen LogP contribution in [0.25, 0.3) is 5.69 Å². The van der Waals surface area contributed by atoms with Gasteiger partial charge in [0, 0.05) is 12.3 Å². The number of benzene rings is 1. The predicted molar refractivity (Wildman–Crippen MR) is 59.4 cm³/mol. The second kappa shape index (κ2) is 3.42. The molecule has 2 aromatic rings. The smallest absolute Gasteiger partial charge is 0.120 e. The number of aryl methyl sites for hydroxylation is 3. The maximum atomic E-state index is 9.63. The molecule has 0 aliphatic heterocycles. The van der Waals surface area contributed by atoms with Crippen LogP contribution in [-0.2, 0) is 0 Å². The van der Waals surface area contributed by atoms with E-state index in [1.165, 1.54) is 0 Å². The zero-order valence-corrected chi connectivity index (χ0v) is 9.15. The van der Waals surface area contributed by atoms with Gasteiger partial charge in [0.2, 0.25) is 0 Å². The fraction of sp³-hybridized carbons (Fsp3) is 0.250. The van der Waals surface area contributed by atoms with Crippen molar-refractivity contribution >= 4 is 0 Å². The molecule has 1 aromatic carbocycles. The normalized spacial score (nSPS) is 10.6. The molecule has 1 heterocycles. The lowest BCUT2D eigenvalue weighted by Gasteiger charge is -2.06. The third-order valence-electron chi connectivity index (χ3n) is 2.47. The van der Waals surface area contributed by atoms with Crippen molar-refractivity contribution in [2.24, 2.45) is 0 Å². The van der Waals surface area contributed by atoms with Crippen molar-refractivity contribution in [3.05, 3.63) is 41.5 Å². The van der Waals surface area contributed by atoms with E-state index in [0.29, 0.717) is 5.75 Å². The summed E-state index contributed by atoms with van der Waals surface area (Å²) in [6.45, 7) is 5.78. The Morgan fingerprint density at radius 1 is 1.20 bits per heavy atom. The molecule has 2 rings (SSSR count). The first kappa shape index (κ1) is 9.77. The van der Waals surface area contributed by atoms with E-state index in [2.05, 4.69) is 4.98 Å². The number of nitrogens with zero attached hydrogens (tertiary/aromatic N) is 2. The minimum absolute atomic E-state index is 0.318. The van der Waals surface area contributed by atoms with Crippen molar-refractivity contribution in [2.45, 2.75) is 20.8 Å². The maximum Gasteiger partial charge on any atom is 0.120 e. The van der Waals surface area contributed by atoms with Gasteiger partial charge < -0.3 is 9.67 Å². The molecule has 0 bridgehead atoms.